The van der Waals surface area contributed by atoms with Crippen LogP contribution in [0.2, 0.25) is 0 Å². The SMILES string of the molecule is CS(=O)(=O)NC1CCC(Nc2nccc(-c3ccc4ccccc4c3)n2)CC1. The zero-order chi connectivity index (χ0) is 19.6. The van der Waals surface area contributed by atoms with Crippen LogP contribution in [0.5, 0.6) is 0 Å². The Balaban J connectivity index is 1.44. The van der Waals surface area contributed by atoms with Crippen LogP contribution in [0, 0.1) is 0 Å². The fraction of sp³-hybridized carbons (Fsp3) is 0.333. The van der Waals surface area contributed by atoms with Crippen molar-refractivity contribution in [3.8, 4) is 11.3 Å². The highest BCUT2D eigenvalue weighted by molar-refractivity contribution is 7.88. The number of benzene rings is 2. The first-order chi connectivity index (χ1) is 13.5. The predicted molar refractivity (Wildman–Crippen MR) is 113 cm³/mol. The first-order valence-electron chi connectivity index (χ1n) is 9.52. The molecule has 7 heteroatoms. The molecule has 3 aromatic rings. The molecule has 0 aliphatic heterocycles. The van der Waals surface area contributed by atoms with Crippen LogP contribution in [-0.4, -0.2) is 36.7 Å². The minimum Gasteiger partial charge on any atom is -0.351 e. The number of hydrogen-bond acceptors (Lipinski definition) is 5. The molecule has 1 heterocycles. The maximum atomic E-state index is 11.4. The minimum atomic E-state index is -3.15. The normalized spacial score (nSPS) is 20.2. The molecule has 1 aromatic heterocycles. The van der Waals surface area contributed by atoms with Crippen molar-refractivity contribution in [1.82, 2.24) is 14.7 Å². The van der Waals surface area contributed by atoms with E-state index in [1.165, 1.54) is 17.0 Å². The lowest BCUT2D eigenvalue weighted by molar-refractivity contribution is 0.387. The van der Waals surface area contributed by atoms with Gasteiger partial charge in [-0.05, 0) is 48.6 Å². The summed E-state index contributed by atoms with van der Waals surface area (Å²) in [7, 11) is -3.15. The zero-order valence-corrected chi connectivity index (χ0v) is 16.6. The second-order valence-corrected chi connectivity index (χ2v) is 9.19. The number of anilines is 1. The molecule has 0 spiro atoms. The Morgan fingerprint density at radius 1 is 0.929 bits per heavy atom. The predicted octanol–water partition coefficient (Wildman–Crippen LogP) is 3.57. The highest BCUT2D eigenvalue weighted by Crippen LogP contribution is 2.25. The lowest BCUT2D eigenvalue weighted by atomic mass is 9.92. The Bertz CT molecular complexity index is 1080. The molecular formula is C21H24N4O2S. The second kappa shape index (κ2) is 7.85. The van der Waals surface area contributed by atoms with Gasteiger partial charge in [0.15, 0.2) is 0 Å². The van der Waals surface area contributed by atoms with Gasteiger partial charge in [-0.2, -0.15) is 0 Å². The Kier molecular flexibility index (Phi) is 5.28. The molecule has 0 amide bonds. The highest BCUT2D eigenvalue weighted by atomic mass is 32.2. The number of aromatic nitrogens is 2. The van der Waals surface area contributed by atoms with Crippen molar-refractivity contribution >= 4 is 26.7 Å². The summed E-state index contributed by atoms with van der Waals surface area (Å²) in [6, 6.07) is 16.8. The van der Waals surface area contributed by atoms with Crippen molar-refractivity contribution in [3.05, 3.63) is 54.7 Å². The third-order valence-corrected chi connectivity index (χ3v) is 5.90. The van der Waals surface area contributed by atoms with Crippen LogP contribution in [0.15, 0.2) is 54.7 Å². The van der Waals surface area contributed by atoms with Crippen molar-refractivity contribution in [2.24, 2.45) is 0 Å². The number of fused-ring (bicyclic) bond motifs is 1. The van der Waals surface area contributed by atoms with Gasteiger partial charge in [0, 0.05) is 23.8 Å². The fourth-order valence-electron chi connectivity index (χ4n) is 3.78. The summed E-state index contributed by atoms with van der Waals surface area (Å²) in [5, 5.41) is 5.80. The van der Waals surface area contributed by atoms with Crippen molar-refractivity contribution in [2.45, 2.75) is 37.8 Å². The summed E-state index contributed by atoms with van der Waals surface area (Å²) >= 11 is 0. The third-order valence-electron chi connectivity index (χ3n) is 5.14. The second-order valence-electron chi connectivity index (χ2n) is 7.41. The molecular weight excluding hydrogens is 372 g/mol. The summed E-state index contributed by atoms with van der Waals surface area (Å²) in [5.41, 5.74) is 1.95. The Labute approximate surface area is 165 Å². The standard InChI is InChI=1S/C21H24N4O2S/c1-28(26,27)25-19-10-8-18(9-11-19)23-21-22-13-12-20(24-21)17-7-6-15-4-2-3-5-16(15)14-17/h2-7,12-14,18-19,25H,8-11H2,1H3,(H,22,23,24). The smallest absolute Gasteiger partial charge is 0.223 e. The third kappa shape index (κ3) is 4.66. The van der Waals surface area contributed by atoms with Crippen LogP contribution in [0.1, 0.15) is 25.7 Å². The van der Waals surface area contributed by atoms with Gasteiger partial charge in [0.2, 0.25) is 16.0 Å². The van der Waals surface area contributed by atoms with Crippen LogP contribution < -0.4 is 10.0 Å². The van der Waals surface area contributed by atoms with Gasteiger partial charge < -0.3 is 5.32 Å². The van der Waals surface area contributed by atoms with Gasteiger partial charge in [0.1, 0.15) is 0 Å². The van der Waals surface area contributed by atoms with Crippen LogP contribution in [0.3, 0.4) is 0 Å². The van der Waals surface area contributed by atoms with Crippen LogP contribution >= 0.6 is 0 Å². The molecule has 2 N–H and O–H groups in total. The molecule has 0 bridgehead atoms. The van der Waals surface area contributed by atoms with Gasteiger partial charge in [0.05, 0.1) is 11.9 Å². The molecule has 28 heavy (non-hydrogen) atoms. The minimum absolute atomic E-state index is 0.0258. The Hall–Kier alpha value is -2.51. The molecule has 0 radical (unpaired) electrons. The number of hydrogen-bond donors (Lipinski definition) is 2. The average molecular weight is 397 g/mol. The summed E-state index contributed by atoms with van der Waals surface area (Å²) in [6.45, 7) is 0. The molecule has 6 nitrogen and oxygen atoms in total. The van der Waals surface area contributed by atoms with E-state index in [1.54, 1.807) is 6.20 Å². The summed E-state index contributed by atoms with van der Waals surface area (Å²) in [4.78, 5) is 9.05. The van der Waals surface area contributed by atoms with Gasteiger partial charge in [0.25, 0.3) is 0 Å². The van der Waals surface area contributed by atoms with Crippen LogP contribution in [0.4, 0.5) is 5.95 Å². The lowest BCUT2D eigenvalue weighted by Gasteiger charge is -2.29. The summed E-state index contributed by atoms with van der Waals surface area (Å²) in [6.07, 6.45) is 6.39. The monoisotopic (exact) mass is 396 g/mol. The first kappa shape index (κ1) is 18.8. The molecule has 0 saturated heterocycles. The van der Waals surface area contributed by atoms with E-state index < -0.39 is 10.0 Å². The van der Waals surface area contributed by atoms with Gasteiger partial charge in [-0.15, -0.1) is 0 Å². The molecule has 1 saturated carbocycles. The molecule has 4 rings (SSSR count). The first-order valence-corrected chi connectivity index (χ1v) is 11.4. The molecule has 2 aromatic carbocycles. The Morgan fingerprint density at radius 3 is 2.39 bits per heavy atom. The van der Waals surface area contributed by atoms with Crippen molar-refractivity contribution < 1.29 is 8.42 Å². The highest BCUT2D eigenvalue weighted by Gasteiger charge is 2.23. The van der Waals surface area contributed by atoms with Gasteiger partial charge in [-0.3, -0.25) is 0 Å². The van der Waals surface area contributed by atoms with E-state index in [0.717, 1.165) is 36.9 Å². The van der Waals surface area contributed by atoms with Crippen molar-refractivity contribution in [1.29, 1.82) is 0 Å². The lowest BCUT2D eigenvalue weighted by Crippen LogP contribution is -2.39. The molecule has 1 fully saturated rings. The van der Waals surface area contributed by atoms with E-state index in [1.807, 2.05) is 18.2 Å². The van der Waals surface area contributed by atoms with Gasteiger partial charge in [-0.1, -0.05) is 36.4 Å². The van der Waals surface area contributed by atoms with E-state index in [0.29, 0.717) is 5.95 Å². The summed E-state index contributed by atoms with van der Waals surface area (Å²) < 4.78 is 25.5. The zero-order valence-electron chi connectivity index (χ0n) is 15.8. The van der Waals surface area contributed by atoms with E-state index >= 15 is 0 Å². The molecule has 0 atom stereocenters. The number of rotatable bonds is 5. The largest absolute Gasteiger partial charge is 0.351 e. The number of nitrogens with one attached hydrogen (secondary N) is 2. The number of sulfonamides is 1. The average Bonchev–Trinajstić information content (AvgIpc) is 2.68. The van der Waals surface area contributed by atoms with E-state index in [9.17, 15) is 8.42 Å². The fourth-order valence-corrected chi connectivity index (χ4v) is 4.62. The van der Waals surface area contributed by atoms with Crippen molar-refractivity contribution in [3.63, 3.8) is 0 Å². The summed E-state index contributed by atoms with van der Waals surface area (Å²) in [5.74, 6) is 0.616. The molecule has 146 valence electrons. The van der Waals surface area contributed by atoms with Crippen LogP contribution in [0.25, 0.3) is 22.0 Å². The maximum Gasteiger partial charge on any atom is 0.223 e. The number of nitrogens with zero attached hydrogens (tertiary/aromatic N) is 2. The van der Waals surface area contributed by atoms with Crippen molar-refractivity contribution in [2.75, 3.05) is 11.6 Å². The quantitative estimate of drug-likeness (QED) is 0.689. The molecule has 1 aliphatic carbocycles. The Morgan fingerprint density at radius 2 is 1.64 bits per heavy atom. The van der Waals surface area contributed by atoms with Gasteiger partial charge >= 0.3 is 0 Å². The molecule has 0 unspecified atom stereocenters. The van der Waals surface area contributed by atoms with E-state index in [2.05, 4.69) is 50.3 Å². The topological polar surface area (TPSA) is 84.0 Å². The van der Waals surface area contributed by atoms with E-state index in [-0.39, 0.29) is 12.1 Å². The molecule has 1 aliphatic rings. The van der Waals surface area contributed by atoms with Gasteiger partial charge in [-0.25, -0.2) is 23.1 Å². The van der Waals surface area contributed by atoms with E-state index in [4.69, 9.17) is 0 Å². The van der Waals surface area contributed by atoms with Crippen LogP contribution in [-0.2, 0) is 10.0 Å². The maximum absolute atomic E-state index is 11.4.